The van der Waals surface area contributed by atoms with E-state index in [1.54, 1.807) is 36.4 Å². The Morgan fingerprint density at radius 1 is 0.509 bits per heavy atom. The van der Waals surface area contributed by atoms with E-state index < -0.39 is 74.5 Å². The maximum Gasteiger partial charge on any atom is 0.178 e. The summed E-state index contributed by atoms with van der Waals surface area (Å²) >= 11 is 0. The van der Waals surface area contributed by atoms with E-state index in [0.29, 0.717) is 12.8 Å². The number of hydrogen-bond acceptors (Lipinski definition) is 2. The van der Waals surface area contributed by atoms with E-state index in [0.717, 1.165) is 73.6 Å². The van der Waals surface area contributed by atoms with Crippen LogP contribution in [0.4, 0.5) is 46.5 Å². The van der Waals surface area contributed by atoms with Gasteiger partial charge in [-0.2, -0.15) is 0 Å². The molecule has 5 rings (SSSR count). The lowest BCUT2D eigenvalue weighted by Gasteiger charge is -2.33. The Kier molecular flexibility index (Phi) is 12.8. The molecule has 55 heavy (non-hydrogen) atoms. The summed E-state index contributed by atoms with van der Waals surface area (Å²) in [6.07, 6.45) is 8.69. The summed E-state index contributed by atoms with van der Waals surface area (Å²) in [5.41, 5.74) is 15.1. The number of nitrogens with zero attached hydrogens (tertiary/aromatic N) is 6. The Morgan fingerprint density at radius 3 is 1.20 bits per heavy atom. The Hall–Kier alpha value is -5.94. The first kappa shape index (κ1) is 40.2. The van der Waals surface area contributed by atoms with Gasteiger partial charge in [-0.1, -0.05) is 111 Å². The van der Waals surface area contributed by atoms with Gasteiger partial charge in [0.1, 0.15) is 22.5 Å². The molecule has 6 nitrogen and oxygen atoms in total. The van der Waals surface area contributed by atoms with Crippen LogP contribution in [0.5, 0.6) is 0 Å². The van der Waals surface area contributed by atoms with E-state index in [1.165, 1.54) is 0 Å². The maximum absolute atomic E-state index is 14.8. The normalized spacial score (nSPS) is 12.0. The van der Waals surface area contributed by atoms with Gasteiger partial charge in [-0.3, -0.25) is 0 Å². The first-order valence-corrected chi connectivity index (χ1v) is 17.6. The van der Waals surface area contributed by atoms with Crippen molar-refractivity contribution in [2.45, 2.75) is 83.5 Å². The summed E-state index contributed by atoms with van der Waals surface area (Å²) in [7, 11) is 0. The molecule has 0 unspecified atom stereocenters. The Morgan fingerprint density at radius 2 is 0.873 bits per heavy atom. The molecule has 0 amide bonds. The van der Waals surface area contributed by atoms with Crippen molar-refractivity contribution < 1.29 is 35.1 Å². The minimum Gasteiger partial charge on any atom is -0.203 e. The molecule has 0 saturated carbocycles. The largest absolute Gasteiger partial charge is 0.203 e. The molecule has 14 heteroatoms. The second kappa shape index (κ2) is 17.5. The standard InChI is InChI=1S/C41H32F8N6/c1-3-5-7-9-19-41(20-10-8-6-4-2)29-21-23(13-17-27-31(42)35(46)39(52-54-50)36(47)32(27)43)11-15-25(29)26-16-12-24(22-30(26)41)14-18-28-33(44)37(48)40(53-55-51)38(49)34(28)45/h11-12,15-16,21-22H,3-10,19-20H2,1-2H3. The quantitative estimate of drug-likeness (QED) is 0.0261. The monoisotopic (exact) mass is 760 g/mol. The highest BCUT2D eigenvalue weighted by Gasteiger charge is 2.42. The van der Waals surface area contributed by atoms with Crippen LogP contribution in [-0.4, -0.2) is 0 Å². The second-order valence-corrected chi connectivity index (χ2v) is 13.1. The van der Waals surface area contributed by atoms with Crippen molar-refractivity contribution in [3.63, 3.8) is 0 Å². The van der Waals surface area contributed by atoms with Crippen LogP contribution in [0.3, 0.4) is 0 Å². The number of hydrogen-bond donors (Lipinski definition) is 0. The van der Waals surface area contributed by atoms with Gasteiger partial charge in [0.25, 0.3) is 0 Å². The summed E-state index contributed by atoms with van der Waals surface area (Å²) in [5.74, 6) is -5.10. The topological polar surface area (TPSA) is 97.5 Å². The third-order valence-corrected chi connectivity index (χ3v) is 9.71. The lowest BCUT2D eigenvalue weighted by atomic mass is 9.70. The van der Waals surface area contributed by atoms with Gasteiger partial charge in [-0.05, 0) is 70.4 Å². The first-order valence-electron chi connectivity index (χ1n) is 17.6. The van der Waals surface area contributed by atoms with Gasteiger partial charge in [0.05, 0.1) is 0 Å². The van der Waals surface area contributed by atoms with Gasteiger partial charge in [0.15, 0.2) is 46.5 Å². The molecule has 0 heterocycles. The molecule has 282 valence electrons. The summed E-state index contributed by atoms with van der Waals surface area (Å²) in [4.78, 5) is 4.42. The van der Waals surface area contributed by atoms with Gasteiger partial charge < -0.3 is 0 Å². The van der Waals surface area contributed by atoms with Crippen molar-refractivity contribution in [3.05, 3.63) is 137 Å². The fraction of sp³-hybridized carbons (Fsp3) is 0.317. The van der Waals surface area contributed by atoms with E-state index in [2.05, 4.69) is 57.6 Å². The smallest absolute Gasteiger partial charge is 0.178 e. The summed E-state index contributed by atoms with van der Waals surface area (Å²) < 4.78 is 117. The fourth-order valence-electron chi connectivity index (χ4n) is 7.02. The summed E-state index contributed by atoms with van der Waals surface area (Å²) in [6.45, 7) is 4.16. The van der Waals surface area contributed by atoms with Crippen molar-refractivity contribution in [2.24, 2.45) is 10.2 Å². The molecular formula is C41H32F8N6. The number of fused-ring (bicyclic) bond motifs is 3. The van der Waals surface area contributed by atoms with Crippen molar-refractivity contribution in [2.75, 3.05) is 0 Å². The van der Waals surface area contributed by atoms with E-state index >= 15 is 0 Å². The second-order valence-electron chi connectivity index (χ2n) is 13.1. The molecule has 1 aliphatic carbocycles. The van der Waals surface area contributed by atoms with E-state index in [1.807, 2.05) is 0 Å². The zero-order valence-electron chi connectivity index (χ0n) is 29.7. The number of benzene rings is 4. The predicted molar refractivity (Wildman–Crippen MR) is 192 cm³/mol. The summed E-state index contributed by atoms with van der Waals surface area (Å²) in [5, 5.41) is 5.41. The number of rotatable bonds is 12. The molecule has 0 atom stereocenters. The van der Waals surface area contributed by atoms with E-state index in [4.69, 9.17) is 11.1 Å². The highest BCUT2D eigenvalue weighted by atomic mass is 19.2. The Labute approximate surface area is 311 Å². The lowest BCUT2D eigenvalue weighted by Crippen LogP contribution is -2.26. The van der Waals surface area contributed by atoms with Crippen LogP contribution in [0.1, 0.15) is 111 Å². The van der Waals surface area contributed by atoms with Crippen molar-refractivity contribution in [1.82, 2.24) is 0 Å². The molecule has 0 fully saturated rings. The van der Waals surface area contributed by atoms with Crippen LogP contribution in [0, 0.1) is 70.2 Å². The van der Waals surface area contributed by atoms with Crippen molar-refractivity contribution in [1.29, 1.82) is 0 Å². The van der Waals surface area contributed by atoms with Gasteiger partial charge in [0, 0.05) is 26.4 Å². The van der Waals surface area contributed by atoms with Crippen LogP contribution in [0.2, 0.25) is 0 Å². The first-order chi connectivity index (χ1) is 26.4. The highest BCUT2D eigenvalue weighted by Crippen LogP contribution is 2.54. The maximum atomic E-state index is 14.8. The van der Waals surface area contributed by atoms with E-state index in [9.17, 15) is 35.1 Å². The third kappa shape index (κ3) is 7.84. The summed E-state index contributed by atoms with van der Waals surface area (Å²) in [6, 6.07) is 10.3. The Bertz CT molecular complexity index is 2170. The lowest BCUT2D eigenvalue weighted by molar-refractivity contribution is 0.401. The van der Waals surface area contributed by atoms with Crippen LogP contribution < -0.4 is 0 Å². The molecule has 4 aromatic rings. The van der Waals surface area contributed by atoms with Crippen molar-refractivity contribution in [3.8, 4) is 34.8 Å². The Balaban J connectivity index is 1.66. The molecule has 0 radical (unpaired) electrons. The molecule has 0 bridgehead atoms. The average molecular weight is 761 g/mol. The van der Waals surface area contributed by atoms with E-state index in [-0.39, 0.29) is 11.1 Å². The van der Waals surface area contributed by atoms with Gasteiger partial charge >= 0.3 is 0 Å². The van der Waals surface area contributed by atoms with Crippen LogP contribution in [0.25, 0.3) is 32.0 Å². The highest BCUT2D eigenvalue weighted by molar-refractivity contribution is 5.82. The zero-order chi connectivity index (χ0) is 39.9. The molecular weight excluding hydrogens is 728 g/mol. The average Bonchev–Trinajstić information content (AvgIpc) is 3.45. The van der Waals surface area contributed by atoms with Crippen LogP contribution in [0.15, 0.2) is 46.6 Å². The molecule has 0 spiro atoms. The van der Waals surface area contributed by atoms with Gasteiger partial charge in [0.2, 0.25) is 0 Å². The van der Waals surface area contributed by atoms with Gasteiger partial charge in [-0.25, -0.2) is 35.1 Å². The van der Waals surface area contributed by atoms with Gasteiger partial charge in [-0.15, -0.1) is 0 Å². The number of azide groups is 2. The number of halogens is 8. The number of unbranched alkanes of at least 4 members (excludes halogenated alkanes) is 6. The molecule has 1 aliphatic rings. The minimum absolute atomic E-state index is 0.288. The SMILES string of the molecule is CCCCCCC1(CCCCCC)c2cc(C#Cc3c(F)c(F)c(N=[N+]=[N-])c(F)c3F)ccc2-c2ccc(C#Cc3c(F)c(F)c(N=[N+]=[N-])c(F)c3F)cc21. The molecule has 0 saturated heterocycles. The zero-order valence-corrected chi connectivity index (χ0v) is 29.7. The van der Waals surface area contributed by atoms with Crippen LogP contribution in [-0.2, 0) is 5.41 Å². The fourth-order valence-corrected chi connectivity index (χ4v) is 7.02. The molecule has 0 aromatic heterocycles. The van der Waals surface area contributed by atoms with Crippen molar-refractivity contribution >= 4 is 11.4 Å². The van der Waals surface area contributed by atoms with Crippen LogP contribution >= 0.6 is 0 Å². The third-order valence-electron chi connectivity index (χ3n) is 9.71. The molecule has 0 N–H and O–H groups in total. The molecule has 0 aliphatic heterocycles. The minimum atomic E-state index is -1.88. The predicted octanol–water partition coefficient (Wildman–Crippen LogP) is 13.7. The molecule has 4 aromatic carbocycles.